The minimum atomic E-state index is 0.341. The van der Waals surface area contributed by atoms with E-state index in [1.54, 1.807) is 11.3 Å². The Kier molecular flexibility index (Phi) is 3.47. The molecule has 17 heavy (non-hydrogen) atoms. The lowest BCUT2D eigenvalue weighted by atomic mass is 10.1. The van der Waals surface area contributed by atoms with Crippen molar-refractivity contribution < 1.29 is 0 Å². The fourth-order valence-corrected chi connectivity index (χ4v) is 2.74. The number of hydrogen-bond donors (Lipinski definition) is 2. The third-order valence-electron chi connectivity index (χ3n) is 2.86. The van der Waals surface area contributed by atoms with Gasteiger partial charge in [-0.1, -0.05) is 13.8 Å². The van der Waals surface area contributed by atoms with Gasteiger partial charge in [-0.05, 0) is 25.8 Å². The zero-order chi connectivity index (χ0) is 12.4. The molecule has 2 rings (SSSR count). The average Bonchev–Trinajstić information content (AvgIpc) is 2.66. The topological polar surface area (TPSA) is 63.8 Å². The van der Waals surface area contributed by atoms with Gasteiger partial charge in [0.1, 0.15) is 10.6 Å². The van der Waals surface area contributed by atoms with Gasteiger partial charge in [-0.25, -0.2) is 4.98 Å². The van der Waals surface area contributed by atoms with Crippen molar-refractivity contribution in [3.63, 3.8) is 0 Å². The van der Waals surface area contributed by atoms with Gasteiger partial charge in [0.25, 0.3) is 0 Å². The van der Waals surface area contributed by atoms with E-state index >= 15 is 0 Å². The maximum absolute atomic E-state index is 5.74. The highest BCUT2D eigenvalue weighted by Gasteiger charge is 2.11. The molecule has 0 spiro atoms. The highest BCUT2D eigenvalue weighted by Crippen LogP contribution is 2.29. The van der Waals surface area contributed by atoms with E-state index in [0.717, 1.165) is 28.9 Å². The van der Waals surface area contributed by atoms with Crippen molar-refractivity contribution in [2.24, 2.45) is 0 Å². The quantitative estimate of drug-likeness (QED) is 0.874. The molecule has 0 saturated heterocycles. The molecule has 4 nitrogen and oxygen atoms in total. The van der Waals surface area contributed by atoms with Crippen LogP contribution in [0.2, 0.25) is 0 Å². The minimum absolute atomic E-state index is 0.341. The summed E-state index contributed by atoms with van der Waals surface area (Å²) in [5.74, 6) is 1.21. The Labute approximate surface area is 105 Å². The molecule has 3 N–H and O–H groups in total. The van der Waals surface area contributed by atoms with Crippen molar-refractivity contribution in [3.05, 3.63) is 10.9 Å². The zero-order valence-corrected chi connectivity index (χ0v) is 11.3. The van der Waals surface area contributed by atoms with E-state index in [0.29, 0.717) is 12.0 Å². The van der Waals surface area contributed by atoms with Crippen LogP contribution >= 0.6 is 11.3 Å². The van der Waals surface area contributed by atoms with E-state index < -0.39 is 0 Å². The molecular weight excluding hydrogens is 232 g/mol. The first-order valence-electron chi connectivity index (χ1n) is 5.94. The van der Waals surface area contributed by atoms with Crippen LogP contribution in [0.15, 0.2) is 6.07 Å². The lowest BCUT2D eigenvalue weighted by Gasteiger charge is -2.16. The van der Waals surface area contributed by atoms with Gasteiger partial charge < -0.3 is 11.1 Å². The summed E-state index contributed by atoms with van der Waals surface area (Å²) < 4.78 is 0. The standard InChI is InChI=1S/C12H18N4S/c1-4-8(5-2)14-10-9-6-7(3)17-11(9)16-12(13)15-10/h6,8H,4-5H2,1-3H3,(H3,13,14,15,16). The second-order valence-corrected chi connectivity index (χ2v) is 5.40. The highest BCUT2D eigenvalue weighted by atomic mass is 32.1. The molecule has 0 amide bonds. The van der Waals surface area contributed by atoms with Gasteiger partial charge >= 0.3 is 0 Å². The molecule has 0 aromatic carbocycles. The van der Waals surface area contributed by atoms with Crippen LogP contribution in [0.5, 0.6) is 0 Å². The summed E-state index contributed by atoms with van der Waals surface area (Å²) in [6.07, 6.45) is 2.15. The molecule has 0 aliphatic rings. The maximum atomic E-state index is 5.74. The molecule has 2 aromatic rings. The monoisotopic (exact) mass is 250 g/mol. The van der Waals surface area contributed by atoms with E-state index in [4.69, 9.17) is 5.73 Å². The number of nitrogens with zero attached hydrogens (tertiary/aromatic N) is 2. The highest BCUT2D eigenvalue weighted by molar-refractivity contribution is 7.18. The third kappa shape index (κ3) is 2.49. The van der Waals surface area contributed by atoms with Crippen molar-refractivity contribution >= 4 is 33.3 Å². The van der Waals surface area contributed by atoms with Crippen LogP contribution < -0.4 is 11.1 Å². The number of thiophene rings is 1. The van der Waals surface area contributed by atoms with Crippen LogP contribution in [0, 0.1) is 6.92 Å². The Hall–Kier alpha value is -1.36. The van der Waals surface area contributed by atoms with E-state index in [-0.39, 0.29) is 0 Å². The number of nitrogens with two attached hydrogens (primary N) is 1. The normalized spacial score (nSPS) is 11.3. The molecule has 5 heteroatoms. The van der Waals surface area contributed by atoms with Crippen LogP contribution in [-0.2, 0) is 0 Å². The summed E-state index contributed by atoms with van der Waals surface area (Å²) >= 11 is 1.65. The molecule has 0 unspecified atom stereocenters. The largest absolute Gasteiger partial charge is 0.368 e. The number of aromatic nitrogens is 2. The molecular formula is C12H18N4S. The first-order valence-corrected chi connectivity index (χ1v) is 6.75. The van der Waals surface area contributed by atoms with Gasteiger partial charge in [-0.15, -0.1) is 11.3 Å². The molecule has 0 aliphatic heterocycles. The first-order chi connectivity index (χ1) is 8.13. The van der Waals surface area contributed by atoms with Crippen LogP contribution in [0.4, 0.5) is 11.8 Å². The Morgan fingerprint density at radius 2 is 2.06 bits per heavy atom. The van der Waals surface area contributed by atoms with Crippen molar-refractivity contribution in [1.82, 2.24) is 9.97 Å². The average molecular weight is 250 g/mol. The molecule has 92 valence electrons. The summed E-state index contributed by atoms with van der Waals surface area (Å²) in [7, 11) is 0. The number of nitrogens with one attached hydrogen (secondary N) is 1. The van der Waals surface area contributed by atoms with Crippen molar-refractivity contribution in [1.29, 1.82) is 0 Å². The fraction of sp³-hybridized carbons (Fsp3) is 0.500. The molecule has 2 heterocycles. The zero-order valence-electron chi connectivity index (χ0n) is 10.4. The molecule has 0 atom stereocenters. The number of nitrogen functional groups attached to an aromatic ring is 1. The van der Waals surface area contributed by atoms with Crippen molar-refractivity contribution in [3.8, 4) is 0 Å². The van der Waals surface area contributed by atoms with Gasteiger partial charge in [0.05, 0.1) is 5.39 Å². The van der Waals surface area contributed by atoms with Crippen LogP contribution in [0.1, 0.15) is 31.6 Å². The lowest BCUT2D eigenvalue weighted by molar-refractivity contribution is 0.669. The maximum Gasteiger partial charge on any atom is 0.223 e. The lowest BCUT2D eigenvalue weighted by Crippen LogP contribution is -2.18. The van der Waals surface area contributed by atoms with Crippen molar-refractivity contribution in [2.75, 3.05) is 11.1 Å². The van der Waals surface area contributed by atoms with E-state index in [9.17, 15) is 0 Å². The van der Waals surface area contributed by atoms with Crippen LogP contribution in [0.25, 0.3) is 10.2 Å². The molecule has 2 aromatic heterocycles. The molecule has 0 aliphatic carbocycles. The van der Waals surface area contributed by atoms with E-state index in [2.05, 4.69) is 42.1 Å². The Bertz CT molecular complexity index is 516. The summed E-state index contributed by atoms with van der Waals surface area (Å²) in [5, 5.41) is 4.53. The first kappa shape index (κ1) is 12.1. The second-order valence-electron chi connectivity index (χ2n) is 4.16. The Morgan fingerprint density at radius 3 is 2.71 bits per heavy atom. The van der Waals surface area contributed by atoms with Gasteiger partial charge in [0.2, 0.25) is 5.95 Å². The molecule has 0 fully saturated rings. The summed E-state index contributed by atoms with van der Waals surface area (Å²) in [4.78, 5) is 10.8. The number of fused-ring (bicyclic) bond motifs is 1. The predicted octanol–water partition coefficient (Wildman–Crippen LogP) is 3.18. The van der Waals surface area contributed by atoms with Gasteiger partial charge in [0.15, 0.2) is 0 Å². The molecule has 0 saturated carbocycles. The number of hydrogen-bond acceptors (Lipinski definition) is 5. The van der Waals surface area contributed by atoms with Gasteiger partial charge in [-0.3, -0.25) is 0 Å². The number of rotatable bonds is 4. The second kappa shape index (κ2) is 4.87. The summed E-state index contributed by atoms with van der Waals surface area (Å²) in [6, 6.07) is 2.55. The minimum Gasteiger partial charge on any atom is -0.368 e. The predicted molar refractivity (Wildman–Crippen MR) is 74.6 cm³/mol. The number of aryl methyl sites for hydroxylation is 1. The van der Waals surface area contributed by atoms with Crippen LogP contribution in [-0.4, -0.2) is 16.0 Å². The van der Waals surface area contributed by atoms with Gasteiger partial charge in [-0.2, -0.15) is 4.98 Å². The van der Waals surface area contributed by atoms with E-state index in [1.165, 1.54) is 4.88 Å². The smallest absolute Gasteiger partial charge is 0.223 e. The fourth-order valence-electron chi connectivity index (χ4n) is 1.85. The SMILES string of the molecule is CCC(CC)Nc1nc(N)nc2sc(C)cc12. The van der Waals surface area contributed by atoms with Crippen LogP contribution in [0.3, 0.4) is 0 Å². The van der Waals surface area contributed by atoms with E-state index in [1.807, 2.05) is 0 Å². The van der Waals surface area contributed by atoms with Gasteiger partial charge in [0, 0.05) is 10.9 Å². The molecule has 0 bridgehead atoms. The Morgan fingerprint density at radius 1 is 1.35 bits per heavy atom. The summed E-state index contributed by atoms with van der Waals surface area (Å²) in [5.41, 5.74) is 5.74. The Balaban J connectivity index is 2.44. The summed E-state index contributed by atoms with van der Waals surface area (Å²) in [6.45, 7) is 6.41. The number of anilines is 2. The van der Waals surface area contributed by atoms with Crippen molar-refractivity contribution in [2.45, 2.75) is 39.7 Å². The third-order valence-corrected chi connectivity index (χ3v) is 3.80. The molecule has 0 radical (unpaired) electrons.